The molecule has 1 heterocycles. The van der Waals surface area contributed by atoms with Gasteiger partial charge in [0.05, 0.1) is 0 Å². The van der Waals surface area contributed by atoms with Gasteiger partial charge < -0.3 is 0 Å². The lowest BCUT2D eigenvalue weighted by molar-refractivity contribution is 0.209. The minimum Gasteiger partial charge on any atom is -0.291 e. The molecule has 17 heavy (non-hydrogen) atoms. The summed E-state index contributed by atoms with van der Waals surface area (Å²) in [6, 6.07) is 9.70. The van der Waals surface area contributed by atoms with Crippen LogP contribution >= 0.6 is 23.2 Å². The molecule has 2 atom stereocenters. The first kappa shape index (κ1) is 13.2. The summed E-state index contributed by atoms with van der Waals surface area (Å²) in [4.78, 5) is 2.46. The van der Waals surface area contributed by atoms with E-state index in [1.165, 1.54) is 24.0 Å². The molecule has 2 rings (SSSR count). The predicted octanol–water partition coefficient (Wildman–Crippen LogP) is 3.81. The number of hydrogen-bond acceptors (Lipinski definition) is 1. The maximum absolute atomic E-state index is 6.03. The Kier molecular flexibility index (Phi) is 4.72. The van der Waals surface area contributed by atoms with E-state index in [9.17, 15) is 0 Å². The van der Waals surface area contributed by atoms with E-state index >= 15 is 0 Å². The Morgan fingerprint density at radius 2 is 1.59 bits per heavy atom. The van der Waals surface area contributed by atoms with Crippen LogP contribution in [0.25, 0.3) is 0 Å². The molecule has 2 unspecified atom stereocenters. The Bertz CT molecular complexity index is 338. The summed E-state index contributed by atoms with van der Waals surface area (Å²) in [5, 5.41) is 0. The normalized spacial score (nSPS) is 25.4. The van der Waals surface area contributed by atoms with Gasteiger partial charge in [-0.1, -0.05) is 29.8 Å². The summed E-state index contributed by atoms with van der Waals surface area (Å²) < 4.78 is 0. The number of hydrogen-bond donors (Lipinski definition) is 0. The van der Waals surface area contributed by atoms with Crippen molar-refractivity contribution in [3.8, 4) is 0 Å². The summed E-state index contributed by atoms with van der Waals surface area (Å²) in [5.41, 5.74) is 2.65. The highest BCUT2D eigenvalue weighted by molar-refractivity contribution is 6.18. The van der Waals surface area contributed by atoms with Gasteiger partial charge in [0, 0.05) is 30.4 Å². The number of rotatable bonds is 4. The van der Waals surface area contributed by atoms with Crippen LogP contribution in [0, 0.1) is 6.92 Å². The van der Waals surface area contributed by atoms with Gasteiger partial charge in [0.1, 0.15) is 0 Å². The van der Waals surface area contributed by atoms with E-state index in [4.69, 9.17) is 23.2 Å². The molecule has 0 saturated carbocycles. The lowest BCUT2D eigenvalue weighted by atomic mass is 10.1. The highest BCUT2D eigenvalue weighted by atomic mass is 35.5. The molecular weight excluding hydrogens is 253 g/mol. The molecule has 0 aromatic heterocycles. The summed E-state index contributed by atoms with van der Waals surface area (Å²) in [5.74, 6) is 1.42. The Morgan fingerprint density at radius 1 is 1.06 bits per heavy atom. The van der Waals surface area contributed by atoms with Crippen LogP contribution in [0.4, 0.5) is 0 Å². The molecule has 1 aliphatic heterocycles. The minimum atomic E-state index is 0.488. The Morgan fingerprint density at radius 3 is 2.06 bits per heavy atom. The number of likely N-dealkylation sites (tertiary alicyclic amines) is 1. The Balaban J connectivity index is 2.07. The van der Waals surface area contributed by atoms with Crippen molar-refractivity contribution in [3.63, 3.8) is 0 Å². The Hall–Kier alpha value is -0.240. The SMILES string of the molecule is Cc1ccc(CN2C(CCl)CCC2CCl)cc1. The number of halogens is 2. The zero-order valence-electron chi connectivity index (χ0n) is 10.2. The molecule has 0 aliphatic carbocycles. The first-order valence-corrected chi connectivity index (χ1v) is 7.24. The van der Waals surface area contributed by atoms with Crippen molar-refractivity contribution in [1.82, 2.24) is 4.90 Å². The highest BCUT2D eigenvalue weighted by Crippen LogP contribution is 2.27. The smallest absolute Gasteiger partial charge is 0.0379 e. The average Bonchev–Trinajstić information content (AvgIpc) is 2.74. The molecule has 1 fully saturated rings. The Labute approximate surface area is 114 Å². The monoisotopic (exact) mass is 271 g/mol. The second-order valence-electron chi connectivity index (χ2n) is 4.85. The van der Waals surface area contributed by atoms with E-state index in [0.717, 1.165) is 6.54 Å². The standard InChI is InChI=1S/C14H19Cl2N/c1-11-2-4-12(5-3-11)10-17-13(8-15)6-7-14(17)9-16/h2-5,13-14H,6-10H2,1H3. The van der Waals surface area contributed by atoms with Gasteiger partial charge in [-0.15, -0.1) is 23.2 Å². The van der Waals surface area contributed by atoms with Crippen molar-refractivity contribution < 1.29 is 0 Å². The van der Waals surface area contributed by atoms with Crippen LogP contribution in [-0.4, -0.2) is 28.7 Å². The van der Waals surface area contributed by atoms with Crippen molar-refractivity contribution in [2.24, 2.45) is 0 Å². The molecule has 1 aromatic carbocycles. The molecule has 1 nitrogen and oxygen atoms in total. The molecule has 0 spiro atoms. The first-order valence-electron chi connectivity index (χ1n) is 6.18. The minimum absolute atomic E-state index is 0.488. The largest absolute Gasteiger partial charge is 0.291 e. The van der Waals surface area contributed by atoms with Gasteiger partial charge in [-0.25, -0.2) is 0 Å². The molecule has 3 heteroatoms. The van der Waals surface area contributed by atoms with Gasteiger partial charge in [-0.3, -0.25) is 4.90 Å². The fourth-order valence-corrected chi connectivity index (χ4v) is 3.17. The van der Waals surface area contributed by atoms with Gasteiger partial charge in [-0.2, -0.15) is 0 Å². The molecule has 1 saturated heterocycles. The molecule has 0 bridgehead atoms. The van der Waals surface area contributed by atoms with E-state index in [2.05, 4.69) is 36.1 Å². The van der Waals surface area contributed by atoms with Crippen molar-refractivity contribution in [2.45, 2.75) is 38.4 Å². The molecule has 0 amide bonds. The lowest BCUT2D eigenvalue weighted by Crippen LogP contribution is -2.37. The number of nitrogens with zero attached hydrogens (tertiary/aromatic N) is 1. The van der Waals surface area contributed by atoms with Gasteiger partial charge >= 0.3 is 0 Å². The van der Waals surface area contributed by atoms with Gasteiger partial charge in [0.2, 0.25) is 0 Å². The summed E-state index contributed by atoms with van der Waals surface area (Å²) in [7, 11) is 0. The van der Waals surface area contributed by atoms with Crippen LogP contribution in [0.3, 0.4) is 0 Å². The predicted molar refractivity (Wildman–Crippen MR) is 75.0 cm³/mol. The third kappa shape index (κ3) is 3.15. The van der Waals surface area contributed by atoms with E-state index < -0.39 is 0 Å². The van der Waals surface area contributed by atoms with E-state index in [1.807, 2.05) is 0 Å². The second kappa shape index (κ2) is 6.08. The van der Waals surface area contributed by atoms with Crippen molar-refractivity contribution in [3.05, 3.63) is 35.4 Å². The van der Waals surface area contributed by atoms with Crippen LogP contribution in [0.15, 0.2) is 24.3 Å². The van der Waals surface area contributed by atoms with Gasteiger partial charge in [-0.05, 0) is 25.3 Å². The zero-order chi connectivity index (χ0) is 12.3. The highest BCUT2D eigenvalue weighted by Gasteiger charge is 2.31. The average molecular weight is 272 g/mol. The van der Waals surface area contributed by atoms with Gasteiger partial charge in [0.15, 0.2) is 0 Å². The van der Waals surface area contributed by atoms with Crippen LogP contribution in [0.5, 0.6) is 0 Å². The summed E-state index contributed by atoms with van der Waals surface area (Å²) in [6.07, 6.45) is 2.35. The van der Waals surface area contributed by atoms with Crippen molar-refractivity contribution in [1.29, 1.82) is 0 Å². The van der Waals surface area contributed by atoms with E-state index in [1.54, 1.807) is 0 Å². The number of alkyl halides is 2. The summed E-state index contributed by atoms with van der Waals surface area (Å²) in [6.45, 7) is 3.08. The fraction of sp³-hybridized carbons (Fsp3) is 0.571. The molecule has 1 aliphatic rings. The molecule has 0 radical (unpaired) electrons. The summed E-state index contributed by atoms with van der Waals surface area (Å²) >= 11 is 12.1. The van der Waals surface area contributed by atoms with Crippen LogP contribution in [0.1, 0.15) is 24.0 Å². The topological polar surface area (TPSA) is 3.24 Å². The third-order valence-electron chi connectivity index (χ3n) is 3.61. The van der Waals surface area contributed by atoms with E-state index in [-0.39, 0.29) is 0 Å². The molecular formula is C14H19Cl2N. The molecule has 1 aromatic rings. The maximum atomic E-state index is 6.03. The first-order chi connectivity index (χ1) is 8.24. The van der Waals surface area contributed by atoms with Crippen molar-refractivity contribution in [2.75, 3.05) is 11.8 Å². The lowest BCUT2D eigenvalue weighted by Gasteiger charge is -2.28. The second-order valence-corrected chi connectivity index (χ2v) is 5.47. The van der Waals surface area contributed by atoms with Crippen LogP contribution < -0.4 is 0 Å². The maximum Gasteiger partial charge on any atom is 0.0379 e. The number of aryl methyl sites for hydroxylation is 1. The number of benzene rings is 1. The molecule has 94 valence electrons. The fourth-order valence-electron chi connectivity index (χ4n) is 2.51. The van der Waals surface area contributed by atoms with Crippen LogP contribution in [0.2, 0.25) is 0 Å². The third-order valence-corrected chi connectivity index (χ3v) is 4.33. The zero-order valence-corrected chi connectivity index (χ0v) is 11.7. The molecule has 0 N–H and O–H groups in total. The quantitative estimate of drug-likeness (QED) is 0.753. The van der Waals surface area contributed by atoms with E-state index in [0.29, 0.717) is 23.8 Å². The van der Waals surface area contributed by atoms with Crippen molar-refractivity contribution >= 4 is 23.2 Å². The van der Waals surface area contributed by atoms with Gasteiger partial charge in [0.25, 0.3) is 0 Å². The van der Waals surface area contributed by atoms with Crippen LogP contribution in [-0.2, 0) is 6.54 Å².